The smallest absolute Gasteiger partial charge is 0.210 e. The Labute approximate surface area is 150 Å². The van der Waals surface area contributed by atoms with Crippen molar-refractivity contribution in [3.8, 4) is 11.1 Å². The van der Waals surface area contributed by atoms with Gasteiger partial charge in [-0.1, -0.05) is 42.5 Å². The van der Waals surface area contributed by atoms with E-state index in [-0.39, 0.29) is 0 Å². The molecule has 6 heteroatoms. The number of aromatic amines is 1. The van der Waals surface area contributed by atoms with Crippen molar-refractivity contribution in [2.24, 2.45) is 0 Å². The first kappa shape index (κ1) is 16.1. The highest BCUT2D eigenvalue weighted by Crippen LogP contribution is 2.30. The molecule has 2 heterocycles. The fourth-order valence-corrected chi connectivity index (χ4v) is 3.12. The van der Waals surface area contributed by atoms with E-state index >= 15 is 0 Å². The summed E-state index contributed by atoms with van der Waals surface area (Å²) in [6.45, 7) is 2.96. The van der Waals surface area contributed by atoms with Gasteiger partial charge < -0.3 is 15.6 Å². The third-order valence-electron chi connectivity index (χ3n) is 4.52. The summed E-state index contributed by atoms with van der Waals surface area (Å²) in [4.78, 5) is 25.1. The van der Waals surface area contributed by atoms with Gasteiger partial charge in [-0.2, -0.15) is 0 Å². The molecule has 0 saturated heterocycles. The number of nitrogen functional groups attached to an aromatic ring is 1. The first-order chi connectivity index (χ1) is 12.7. The summed E-state index contributed by atoms with van der Waals surface area (Å²) >= 11 is 0. The summed E-state index contributed by atoms with van der Waals surface area (Å²) in [6.07, 6.45) is 0.818. The van der Waals surface area contributed by atoms with Crippen molar-refractivity contribution in [3.63, 3.8) is 0 Å². The molecule has 2 aromatic heterocycles. The summed E-state index contributed by atoms with van der Waals surface area (Å²) in [6, 6.07) is 16.3. The van der Waals surface area contributed by atoms with Crippen LogP contribution in [0.2, 0.25) is 0 Å². The summed E-state index contributed by atoms with van der Waals surface area (Å²) in [5.41, 5.74) is 10.7. The number of nitrogens with zero attached hydrogens (tertiary/aromatic N) is 3. The minimum absolute atomic E-state index is 0.384. The molecule has 0 aliphatic carbocycles. The number of hydrogen-bond acceptors (Lipinski definition) is 4. The summed E-state index contributed by atoms with van der Waals surface area (Å²) in [7, 11) is 0. The van der Waals surface area contributed by atoms with Gasteiger partial charge in [0, 0.05) is 11.9 Å². The van der Waals surface area contributed by atoms with Gasteiger partial charge in [-0.3, -0.25) is 4.79 Å². The van der Waals surface area contributed by atoms with Crippen LogP contribution in [-0.4, -0.2) is 32.8 Å². The number of benzene rings is 2. The predicted molar refractivity (Wildman–Crippen MR) is 103 cm³/mol. The molecule has 0 saturated carbocycles. The van der Waals surface area contributed by atoms with E-state index in [2.05, 4.69) is 33.2 Å². The first-order valence-corrected chi connectivity index (χ1v) is 8.52. The Balaban J connectivity index is 1.84. The average Bonchev–Trinajstić information content (AvgIpc) is 3.11. The summed E-state index contributed by atoms with van der Waals surface area (Å²) in [5, 5.41) is 0.960. The Hall–Kier alpha value is -3.41. The molecule has 3 N–H and O–H groups in total. The standard InChI is InChI=1S/C20H19N5O/c1-2-25(12-26)11-17-23-18-15-9-8-14(13-6-4-3-5-7-13)10-16(15)22-20(21)19(18)24-17/h3-10,12H,2,11H2,1H3,(H2,21,22)(H,23,24). The lowest BCUT2D eigenvalue weighted by atomic mass is 10.0. The van der Waals surface area contributed by atoms with Crippen molar-refractivity contribution in [3.05, 3.63) is 54.4 Å². The van der Waals surface area contributed by atoms with Gasteiger partial charge in [0.15, 0.2) is 5.82 Å². The van der Waals surface area contributed by atoms with Crippen molar-refractivity contribution in [2.45, 2.75) is 13.5 Å². The van der Waals surface area contributed by atoms with E-state index in [0.717, 1.165) is 34.0 Å². The maximum Gasteiger partial charge on any atom is 0.210 e. The SMILES string of the molecule is CCN(C=O)Cc1nc2c(N)nc3cc(-c4ccccc4)ccc3c2[nH]1. The van der Waals surface area contributed by atoms with Gasteiger partial charge in [-0.05, 0) is 24.1 Å². The van der Waals surface area contributed by atoms with E-state index in [1.54, 1.807) is 4.90 Å². The number of fused-ring (bicyclic) bond motifs is 3. The van der Waals surface area contributed by atoms with Crippen LogP contribution >= 0.6 is 0 Å². The molecular formula is C20H19N5O. The molecular weight excluding hydrogens is 326 g/mol. The van der Waals surface area contributed by atoms with Crippen molar-refractivity contribution in [2.75, 3.05) is 12.3 Å². The Morgan fingerprint density at radius 1 is 1.12 bits per heavy atom. The van der Waals surface area contributed by atoms with Gasteiger partial charge in [-0.15, -0.1) is 0 Å². The molecule has 0 unspecified atom stereocenters. The maximum atomic E-state index is 11.1. The van der Waals surface area contributed by atoms with Gasteiger partial charge in [0.05, 0.1) is 17.6 Å². The number of aromatic nitrogens is 3. The number of nitrogens with one attached hydrogen (secondary N) is 1. The molecule has 0 atom stereocenters. The van der Waals surface area contributed by atoms with Crippen molar-refractivity contribution >= 4 is 34.2 Å². The minimum Gasteiger partial charge on any atom is -0.382 e. The van der Waals surface area contributed by atoms with Crippen LogP contribution in [0.5, 0.6) is 0 Å². The molecule has 130 valence electrons. The largest absolute Gasteiger partial charge is 0.382 e. The van der Waals surface area contributed by atoms with Crippen molar-refractivity contribution < 1.29 is 4.79 Å². The van der Waals surface area contributed by atoms with Gasteiger partial charge in [-0.25, -0.2) is 9.97 Å². The van der Waals surface area contributed by atoms with E-state index in [1.165, 1.54) is 0 Å². The number of carbonyl (C=O) groups is 1. The number of hydrogen-bond donors (Lipinski definition) is 2. The molecule has 6 nitrogen and oxygen atoms in total. The van der Waals surface area contributed by atoms with Crippen LogP contribution in [0.3, 0.4) is 0 Å². The number of H-pyrrole nitrogens is 1. The lowest BCUT2D eigenvalue weighted by molar-refractivity contribution is -0.118. The third kappa shape index (κ3) is 2.75. The average molecular weight is 345 g/mol. The zero-order chi connectivity index (χ0) is 18.1. The minimum atomic E-state index is 0.384. The van der Waals surface area contributed by atoms with E-state index in [9.17, 15) is 4.79 Å². The number of anilines is 1. The highest BCUT2D eigenvalue weighted by atomic mass is 16.1. The van der Waals surface area contributed by atoms with Crippen LogP contribution < -0.4 is 5.73 Å². The van der Waals surface area contributed by atoms with Gasteiger partial charge in [0.1, 0.15) is 11.3 Å². The topological polar surface area (TPSA) is 87.9 Å². The van der Waals surface area contributed by atoms with Crippen LogP contribution in [0.15, 0.2) is 48.5 Å². The van der Waals surface area contributed by atoms with Crippen LogP contribution in [0.25, 0.3) is 33.1 Å². The van der Waals surface area contributed by atoms with Crippen LogP contribution in [0, 0.1) is 0 Å². The van der Waals surface area contributed by atoms with E-state index < -0.39 is 0 Å². The zero-order valence-corrected chi connectivity index (χ0v) is 14.4. The Bertz CT molecular complexity index is 1090. The number of amides is 1. The molecule has 0 aliphatic rings. The summed E-state index contributed by atoms with van der Waals surface area (Å²) < 4.78 is 0. The zero-order valence-electron chi connectivity index (χ0n) is 14.4. The van der Waals surface area contributed by atoms with Crippen molar-refractivity contribution in [1.29, 1.82) is 0 Å². The molecule has 4 aromatic rings. The lowest BCUT2D eigenvalue weighted by Gasteiger charge is -2.11. The molecule has 0 spiro atoms. The Kier molecular flexibility index (Phi) is 4.01. The molecule has 26 heavy (non-hydrogen) atoms. The van der Waals surface area contributed by atoms with E-state index in [1.807, 2.05) is 37.3 Å². The van der Waals surface area contributed by atoms with Crippen LogP contribution in [0.4, 0.5) is 5.82 Å². The number of pyridine rings is 1. The number of carbonyl (C=O) groups excluding carboxylic acids is 1. The quantitative estimate of drug-likeness (QED) is 0.543. The molecule has 0 fully saturated rings. The lowest BCUT2D eigenvalue weighted by Crippen LogP contribution is -2.21. The van der Waals surface area contributed by atoms with Crippen molar-refractivity contribution in [1.82, 2.24) is 19.9 Å². The second kappa shape index (κ2) is 6.48. The second-order valence-electron chi connectivity index (χ2n) is 6.17. The third-order valence-corrected chi connectivity index (χ3v) is 4.52. The summed E-state index contributed by atoms with van der Waals surface area (Å²) in [5.74, 6) is 1.08. The van der Waals surface area contributed by atoms with Crippen LogP contribution in [-0.2, 0) is 11.3 Å². The Morgan fingerprint density at radius 2 is 1.92 bits per heavy atom. The molecule has 4 rings (SSSR count). The normalized spacial score (nSPS) is 11.1. The maximum absolute atomic E-state index is 11.1. The number of nitrogens with two attached hydrogens (primary N) is 1. The molecule has 0 aliphatic heterocycles. The van der Waals surface area contributed by atoms with E-state index in [0.29, 0.717) is 30.2 Å². The highest BCUT2D eigenvalue weighted by Gasteiger charge is 2.13. The van der Waals surface area contributed by atoms with E-state index in [4.69, 9.17) is 5.73 Å². The molecule has 0 radical (unpaired) electrons. The van der Waals surface area contributed by atoms with Gasteiger partial charge in [0.25, 0.3) is 0 Å². The van der Waals surface area contributed by atoms with Gasteiger partial charge >= 0.3 is 0 Å². The fraction of sp³-hybridized carbons (Fsp3) is 0.150. The fourth-order valence-electron chi connectivity index (χ4n) is 3.12. The molecule has 2 aromatic carbocycles. The second-order valence-corrected chi connectivity index (χ2v) is 6.17. The monoisotopic (exact) mass is 345 g/mol. The van der Waals surface area contributed by atoms with Crippen LogP contribution in [0.1, 0.15) is 12.7 Å². The number of rotatable bonds is 5. The molecule has 1 amide bonds. The first-order valence-electron chi connectivity index (χ1n) is 8.52. The van der Waals surface area contributed by atoms with Gasteiger partial charge in [0.2, 0.25) is 6.41 Å². The predicted octanol–water partition coefficient (Wildman–Crippen LogP) is 3.34. The number of imidazole rings is 1. The Morgan fingerprint density at radius 3 is 2.65 bits per heavy atom. The highest BCUT2D eigenvalue weighted by molar-refractivity contribution is 6.07. The molecule has 0 bridgehead atoms.